The van der Waals surface area contributed by atoms with Gasteiger partial charge in [-0.15, -0.1) is 10.2 Å². The van der Waals surface area contributed by atoms with Gasteiger partial charge in [0, 0.05) is 16.1 Å². The molecule has 0 bridgehead atoms. The largest absolute Gasteiger partial charge is 0.490 e. The fraction of sp³-hybridized carbons (Fsp3) is 0.188. The number of methoxy groups -OCH3 is 1. The van der Waals surface area contributed by atoms with Crippen LogP contribution in [0.4, 0.5) is 5.69 Å². The summed E-state index contributed by atoms with van der Waals surface area (Å²) in [5.41, 5.74) is 1.19. The molecule has 10 nitrogen and oxygen atoms in total. The van der Waals surface area contributed by atoms with E-state index in [0.29, 0.717) is 23.6 Å². The van der Waals surface area contributed by atoms with E-state index in [4.69, 9.17) is 14.2 Å². The molecule has 4 rings (SSSR count). The summed E-state index contributed by atoms with van der Waals surface area (Å²) in [6, 6.07) is 8.17. The zero-order chi connectivity index (χ0) is 19.0. The van der Waals surface area contributed by atoms with Gasteiger partial charge < -0.3 is 14.2 Å². The highest BCUT2D eigenvalue weighted by atomic mass is 79.9. The Morgan fingerprint density at radius 3 is 2.81 bits per heavy atom. The van der Waals surface area contributed by atoms with Crippen LogP contribution in [0.1, 0.15) is 5.56 Å². The number of nitro benzene ring substituents is 1. The lowest BCUT2D eigenvalue weighted by molar-refractivity contribution is -0.385. The van der Waals surface area contributed by atoms with Gasteiger partial charge in [0.2, 0.25) is 12.6 Å². The Bertz CT molecular complexity index is 1040. The van der Waals surface area contributed by atoms with Crippen molar-refractivity contribution in [2.75, 3.05) is 13.9 Å². The Kier molecular flexibility index (Phi) is 4.36. The number of hydrogen-bond donors (Lipinski definition) is 0. The molecule has 0 radical (unpaired) electrons. The molecule has 0 aliphatic carbocycles. The molecule has 3 aromatic rings. The van der Waals surface area contributed by atoms with Crippen molar-refractivity contribution >= 4 is 21.6 Å². The number of aromatic nitrogens is 4. The number of tetrazole rings is 1. The summed E-state index contributed by atoms with van der Waals surface area (Å²) in [5.74, 6) is 1.76. The predicted molar refractivity (Wildman–Crippen MR) is 95.8 cm³/mol. The van der Waals surface area contributed by atoms with Crippen LogP contribution in [-0.4, -0.2) is 39.0 Å². The van der Waals surface area contributed by atoms with Crippen LogP contribution in [0.15, 0.2) is 34.8 Å². The quantitative estimate of drug-likeness (QED) is 0.445. The van der Waals surface area contributed by atoms with Crippen molar-refractivity contribution in [1.82, 2.24) is 20.2 Å². The minimum absolute atomic E-state index is 0.162. The fourth-order valence-corrected chi connectivity index (χ4v) is 3.08. The molecular weight excluding hydrogens is 422 g/mol. The van der Waals surface area contributed by atoms with Gasteiger partial charge in [-0.05, 0) is 35.0 Å². The van der Waals surface area contributed by atoms with Crippen LogP contribution in [-0.2, 0) is 6.54 Å². The predicted octanol–water partition coefficient (Wildman–Crippen LogP) is 2.80. The molecule has 0 saturated heterocycles. The van der Waals surface area contributed by atoms with E-state index in [0.717, 1.165) is 10.0 Å². The minimum Gasteiger partial charge on any atom is -0.490 e. The van der Waals surface area contributed by atoms with Crippen molar-refractivity contribution in [3.8, 4) is 28.6 Å². The Morgan fingerprint density at radius 2 is 2.07 bits per heavy atom. The number of ether oxygens (including phenoxy) is 3. The topological polar surface area (TPSA) is 114 Å². The second-order valence-corrected chi connectivity index (χ2v) is 6.44. The Labute approximate surface area is 160 Å². The van der Waals surface area contributed by atoms with Crippen LogP contribution < -0.4 is 14.2 Å². The monoisotopic (exact) mass is 433 g/mol. The third-order valence-electron chi connectivity index (χ3n) is 3.94. The molecule has 11 heteroatoms. The molecule has 2 heterocycles. The molecule has 0 saturated carbocycles. The van der Waals surface area contributed by atoms with Gasteiger partial charge in [0.05, 0.1) is 18.6 Å². The first-order valence-corrected chi connectivity index (χ1v) is 8.53. The molecule has 138 valence electrons. The van der Waals surface area contributed by atoms with E-state index >= 15 is 0 Å². The Hall–Kier alpha value is -3.21. The van der Waals surface area contributed by atoms with Gasteiger partial charge in [-0.3, -0.25) is 10.1 Å². The lowest BCUT2D eigenvalue weighted by Crippen LogP contribution is -2.05. The zero-order valence-electron chi connectivity index (χ0n) is 14.0. The summed E-state index contributed by atoms with van der Waals surface area (Å²) < 4.78 is 16.5. The molecule has 1 aliphatic heterocycles. The van der Waals surface area contributed by atoms with Crippen molar-refractivity contribution in [1.29, 1.82) is 0 Å². The molecule has 2 aromatic carbocycles. The standard InChI is InChI=1S/C16H12BrN5O5/c1-25-13-3-2-9(4-12(13)22(23)24)16-18-20-21(19-16)7-10-5-14-15(6-11(10)17)27-8-26-14/h2-6H,7-8H2,1H3. The number of nitrogens with zero attached hydrogens (tertiary/aromatic N) is 5. The van der Waals surface area contributed by atoms with Crippen LogP contribution >= 0.6 is 15.9 Å². The minimum atomic E-state index is -0.517. The van der Waals surface area contributed by atoms with Gasteiger partial charge in [-0.2, -0.15) is 4.80 Å². The van der Waals surface area contributed by atoms with E-state index in [2.05, 4.69) is 31.3 Å². The van der Waals surface area contributed by atoms with Crippen molar-refractivity contribution in [3.05, 3.63) is 50.5 Å². The molecule has 0 N–H and O–H groups in total. The first-order chi connectivity index (χ1) is 13.0. The van der Waals surface area contributed by atoms with Gasteiger partial charge in [0.25, 0.3) is 0 Å². The molecular formula is C16H12BrN5O5. The third kappa shape index (κ3) is 3.28. The number of halogens is 1. The van der Waals surface area contributed by atoms with Crippen LogP contribution in [0.2, 0.25) is 0 Å². The highest BCUT2D eigenvalue weighted by Crippen LogP contribution is 2.37. The lowest BCUT2D eigenvalue weighted by atomic mass is 10.2. The maximum Gasteiger partial charge on any atom is 0.311 e. The van der Waals surface area contributed by atoms with E-state index in [9.17, 15) is 10.1 Å². The van der Waals surface area contributed by atoms with E-state index in [1.807, 2.05) is 12.1 Å². The van der Waals surface area contributed by atoms with Crippen LogP contribution in [0.25, 0.3) is 11.4 Å². The molecule has 1 aliphatic rings. The van der Waals surface area contributed by atoms with Gasteiger partial charge in [-0.1, -0.05) is 15.9 Å². The molecule has 0 spiro atoms. The highest BCUT2D eigenvalue weighted by Gasteiger charge is 2.19. The molecule has 27 heavy (non-hydrogen) atoms. The van der Waals surface area contributed by atoms with Crippen molar-refractivity contribution < 1.29 is 19.1 Å². The van der Waals surface area contributed by atoms with Crippen LogP contribution in [0.5, 0.6) is 17.2 Å². The summed E-state index contributed by atoms with van der Waals surface area (Å²) in [4.78, 5) is 12.1. The number of benzene rings is 2. The average Bonchev–Trinajstić information content (AvgIpc) is 3.30. The third-order valence-corrected chi connectivity index (χ3v) is 4.68. The number of nitro groups is 1. The van der Waals surface area contributed by atoms with Gasteiger partial charge in [0.1, 0.15) is 0 Å². The number of hydrogen-bond acceptors (Lipinski definition) is 8. The lowest BCUT2D eigenvalue weighted by Gasteiger charge is -2.05. The first-order valence-electron chi connectivity index (χ1n) is 7.74. The van der Waals surface area contributed by atoms with E-state index in [-0.39, 0.29) is 24.1 Å². The summed E-state index contributed by atoms with van der Waals surface area (Å²) >= 11 is 3.49. The molecule has 0 fully saturated rings. The molecule has 0 unspecified atom stereocenters. The average molecular weight is 434 g/mol. The van der Waals surface area contributed by atoms with Gasteiger partial charge in [-0.25, -0.2) is 0 Å². The van der Waals surface area contributed by atoms with Gasteiger partial charge in [0.15, 0.2) is 17.2 Å². The maximum absolute atomic E-state index is 11.2. The summed E-state index contributed by atoms with van der Waals surface area (Å²) in [6.45, 7) is 0.523. The van der Waals surface area contributed by atoms with Gasteiger partial charge >= 0.3 is 5.69 Å². The highest BCUT2D eigenvalue weighted by molar-refractivity contribution is 9.10. The summed E-state index contributed by atoms with van der Waals surface area (Å²) in [6.07, 6.45) is 0. The van der Waals surface area contributed by atoms with Crippen molar-refractivity contribution in [2.24, 2.45) is 0 Å². The summed E-state index contributed by atoms with van der Waals surface area (Å²) in [7, 11) is 1.37. The molecule has 1 aromatic heterocycles. The Morgan fingerprint density at radius 1 is 1.30 bits per heavy atom. The first kappa shape index (κ1) is 17.2. The normalized spacial score (nSPS) is 12.2. The van der Waals surface area contributed by atoms with E-state index < -0.39 is 4.92 Å². The number of fused-ring (bicyclic) bond motifs is 1. The second-order valence-electron chi connectivity index (χ2n) is 5.58. The molecule has 0 atom stereocenters. The maximum atomic E-state index is 11.2. The van der Waals surface area contributed by atoms with E-state index in [1.54, 1.807) is 6.07 Å². The van der Waals surface area contributed by atoms with Crippen LogP contribution in [0.3, 0.4) is 0 Å². The fourth-order valence-electron chi connectivity index (χ4n) is 2.63. The second kappa shape index (κ2) is 6.83. The van der Waals surface area contributed by atoms with E-state index in [1.165, 1.54) is 24.0 Å². The number of rotatable bonds is 5. The summed E-state index contributed by atoms with van der Waals surface area (Å²) in [5, 5.41) is 23.5. The Balaban J connectivity index is 1.61. The SMILES string of the molecule is COc1ccc(-c2nnn(Cc3cc4c(cc3Br)OCO4)n2)cc1[N+](=O)[O-]. The molecule has 0 amide bonds. The smallest absolute Gasteiger partial charge is 0.311 e. The van der Waals surface area contributed by atoms with Crippen molar-refractivity contribution in [3.63, 3.8) is 0 Å². The zero-order valence-corrected chi connectivity index (χ0v) is 15.5. The van der Waals surface area contributed by atoms with Crippen molar-refractivity contribution in [2.45, 2.75) is 6.54 Å². The van der Waals surface area contributed by atoms with Crippen LogP contribution in [0, 0.1) is 10.1 Å².